The minimum atomic E-state index is -0.154. The molecule has 1 unspecified atom stereocenters. The number of hydrogen-bond donors (Lipinski definition) is 2. The van der Waals surface area contributed by atoms with E-state index < -0.39 is 0 Å². The number of hydrogen-bond acceptors (Lipinski definition) is 3. The van der Waals surface area contributed by atoms with Crippen LogP contribution in [0.4, 0.5) is 11.4 Å². The highest BCUT2D eigenvalue weighted by Gasteiger charge is 2.08. The van der Waals surface area contributed by atoms with Crippen molar-refractivity contribution >= 4 is 17.3 Å². The Morgan fingerprint density at radius 1 is 1.53 bits per heavy atom. The van der Waals surface area contributed by atoms with Gasteiger partial charge in [0.2, 0.25) is 5.91 Å². The lowest BCUT2D eigenvalue weighted by atomic mass is 10.1. The maximum absolute atomic E-state index is 11.6. The van der Waals surface area contributed by atoms with Crippen LogP contribution in [0.15, 0.2) is 18.2 Å². The second-order valence-corrected chi connectivity index (χ2v) is 4.10. The zero-order valence-corrected chi connectivity index (χ0v) is 10.6. The lowest BCUT2D eigenvalue weighted by Gasteiger charge is -2.12. The van der Waals surface area contributed by atoms with Crippen LogP contribution in [0.3, 0.4) is 0 Å². The molecule has 4 heteroatoms. The summed E-state index contributed by atoms with van der Waals surface area (Å²) in [6, 6.07) is 5.45. The number of amides is 1. The Morgan fingerprint density at radius 3 is 2.88 bits per heavy atom. The van der Waals surface area contributed by atoms with Crippen molar-refractivity contribution < 1.29 is 9.53 Å². The van der Waals surface area contributed by atoms with Gasteiger partial charge in [-0.25, -0.2) is 0 Å². The third-order valence-corrected chi connectivity index (χ3v) is 2.72. The van der Waals surface area contributed by atoms with Gasteiger partial charge in [-0.05, 0) is 38.0 Å². The van der Waals surface area contributed by atoms with E-state index in [0.29, 0.717) is 5.69 Å². The quantitative estimate of drug-likeness (QED) is 0.771. The Kier molecular flexibility index (Phi) is 4.97. The molecule has 0 fully saturated rings. The topological polar surface area (TPSA) is 64.3 Å². The molecule has 4 nitrogen and oxygen atoms in total. The number of carbonyl (C=O) groups excluding carboxylic acids is 1. The van der Waals surface area contributed by atoms with Gasteiger partial charge in [0, 0.05) is 11.4 Å². The smallest absolute Gasteiger partial charge is 0.250 e. The summed E-state index contributed by atoms with van der Waals surface area (Å²) in [7, 11) is 0. The fourth-order valence-corrected chi connectivity index (χ4v) is 1.31. The van der Waals surface area contributed by atoms with Gasteiger partial charge in [0.05, 0.1) is 6.10 Å². The van der Waals surface area contributed by atoms with Gasteiger partial charge in [-0.3, -0.25) is 4.79 Å². The Labute approximate surface area is 102 Å². The third-order valence-electron chi connectivity index (χ3n) is 2.72. The number of rotatable bonds is 5. The maximum Gasteiger partial charge on any atom is 0.250 e. The number of nitrogen functional groups attached to an aromatic ring is 1. The van der Waals surface area contributed by atoms with Gasteiger partial charge in [0.25, 0.3) is 0 Å². The van der Waals surface area contributed by atoms with Crippen molar-refractivity contribution in [2.45, 2.75) is 33.3 Å². The predicted molar refractivity (Wildman–Crippen MR) is 69.9 cm³/mol. The van der Waals surface area contributed by atoms with Gasteiger partial charge in [-0.1, -0.05) is 13.0 Å². The molecule has 0 saturated carbocycles. The van der Waals surface area contributed by atoms with Crippen molar-refractivity contribution in [1.82, 2.24) is 0 Å². The Morgan fingerprint density at radius 2 is 2.24 bits per heavy atom. The Balaban J connectivity index is 2.54. The summed E-state index contributed by atoms with van der Waals surface area (Å²) >= 11 is 0. The molecule has 0 radical (unpaired) electrons. The predicted octanol–water partition coefficient (Wildman–Crippen LogP) is 2.33. The molecule has 94 valence electrons. The molecular weight excluding hydrogens is 216 g/mol. The van der Waals surface area contributed by atoms with Crippen LogP contribution in [0.5, 0.6) is 0 Å². The normalized spacial score (nSPS) is 12.2. The molecule has 0 aromatic heterocycles. The molecule has 0 aliphatic rings. The Hall–Kier alpha value is -1.55. The van der Waals surface area contributed by atoms with Gasteiger partial charge < -0.3 is 15.8 Å². The fraction of sp³-hybridized carbons (Fsp3) is 0.462. The number of anilines is 2. The van der Waals surface area contributed by atoms with E-state index >= 15 is 0 Å². The lowest BCUT2D eigenvalue weighted by Crippen LogP contribution is -2.22. The molecule has 0 spiro atoms. The first-order valence-electron chi connectivity index (χ1n) is 5.81. The first-order chi connectivity index (χ1) is 8.04. The van der Waals surface area contributed by atoms with E-state index in [-0.39, 0.29) is 18.6 Å². The summed E-state index contributed by atoms with van der Waals surface area (Å²) in [5.74, 6) is -0.154. The minimum Gasteiger partial charge on any atom is -0.398 e. The molecule has 0 aliphatic carbocycles. The largest absolute Gasteiger partial charge is 0.398 e. The molecular formula is C13H20N2O2. The molecule has 1 aromatic carbocycles. The summed E-state index contributed by atoms with van der Waals surface area (Å²) in [6.07, 6.45) is 0.993. The van der Waals surface area contributed by atoms with Crippen LogP contribution in [0.1, 0.15) is 25.8 Å². The van der Waals surface area contributed by atoms with E-state index in [1.54, 1.807) is 6.07 Å². The average Bonchev–Trinajstić information content (AvgIpc) is 2.32. The maximum atomic E-state index is 11.6. The molecule has 0 heterocycles. The fourth-order valence-electron chi connectivity index (χ4n) is 1.31. The van der Waals surface area contributed by atoms with Gasteiger partial charge >= 0.3 is 0 Å². The van der Waals surface area contributed by atoms with Crippen molar-refractivity contribution in [3.63, 3.8) is 0 Å². The van der Waals surface area contributed by atoms with Gasteiger partial charge in [0.15, 0.2) is 0 Å². The van der Waals surface area contributed by atoms with Gasteiger partial charge in [-0.2, -0.15) is 0 Å². The van der Waals surface area contributed by atoms with Crippen molar-refractivity contribution in [3.05, 3.63) is 23.8 Å². The number of nitrogens with one attached hydrogen (secondary N) is 1. The van der Waals surface area contributed by atoms with E-state index in [2.05, 4.69) is 5.32 Å². The molecule has 0 bridgehead atoms. The van der Waals surface area contributed by atoms with Crippen LogP contribution in [0.25, 0.3) is 0 Å². The number of ether oxygens (including phenoxy) is 1. The first-order valence-corrected chi connectivity index (χ1v) is 5.81. The Bertz CT molecular complexity index is 391. The zero-order valence-electron chi connectivity index (χ0n) is 10.6. The molecule has 0 saturated heterocycles. The monoisotopic (exact) mass is 236 g/mol. The number of benzene rings is 1. The molecule has 1 rings (SSSR count). The van der Waals surface area contributed by atoms with Crippen LogP contribution < -0.4 is 11.1 Å². The van der Waals surface area contributed by atoms with Crippen LogP contribution in [0, 0.1) is 6.92 Å². The summed E-state index contributed by atoms with van der Waals surface area (Å²) in [4.78, 5) is 11.6. The van der Waals surface area contributed by atoms with Crippen LogP contribution in [-0.2, 0) is 9.53 Å². The molecule has 17 heavy (non-hydrogen) atoms. The van der Waals surface area contributed by atoms with Crippen LogP contribution in [-0.4, -0.2) is 18.6 Å². The SMILES string of the molecule is CCC(C)OCC(=O)Nc1cccc(N)c1C. The first kappa shape index (κ1) is 13.5. The summed E-state index contributed by atoms with van der Waals surface area (Å²) in [5, 5.41) is 2.79. The average molecular weight is 236 g/mol. The highest BCUT2D eigenvalue weighted by atomic mass is 16.5. The lowest BCUT2D eigenvalue weighted by molar-refractivity contribution is -0.122. The second-order valence-electron chi connectivity index (χ2n) is 4.10. The third kappa shape index (κ3) is 4.07. The van der Waals surface area contributed by atoms with Gasteiger partial charge in [0.1, 0.15) is 6.61 Å². The van der Waals surface area contributed by atoms with E-state index in [9.17, 15) is 4.79 Å². The molecule has 3 N–H and O–H groups in total. The van der Waals surface area contributed by atoms with Crippen molar-refractivity contribution in [3.8, 4) is 0 Å². The van der Waals surface area contributed by atoms with E-state index in [0.717, 1.165) is 17.7 Å². The summed E-state index contributed by atoms with van der Waals surface area (Å²) in [6.45, 7) is 5.91. The van der Waals surface area contributed by atoms with E-state index in [1.165, 1.54) is 0 Å². The van der Waals surface area contributed by atoms with Crippen molar-refractivity contribution in [2.24, 2.45) is 0 Å². The number of carbonyl (C=O) groups is 1. The van der Waals surface area contributed by atoms with Crippen molar-refractivity contribution in [2.75, 3.05) is 17.7 Å². The second kappa shape index (κ2) is 6.25. The number of nitrogens with two attached hydrogens (primary N) is 1. The standard InChI is InChI=1S/C13H20N2O2/c1-4-9(2)17-8-13(16)15-12-7-5-6-11(14)10(12)3/h5-7,9H,4,8,14H2,1-3H3,(H,15,16). The van der Waals surface area contributed by atoms with Crippen molar-refractivity contribution in [1.29, 1.82) is 0 Å². The van der Waals surface area contributed by atoms with Gasteiger partial charge in [-0.15, -0.1) is 0 Å². The van der Waals surface area contributed by atoms with Crippen LogP contribution in [0.2, 0.25) is 0 Å². The highest BCUT2D eigenvalue weighted by Crippen LogP contribution is 2.20. The summed E-state index contributed by atoms with van der Waals surface area (Å²) in [5.41, 5.74) is 8.05. The summed E-state index contributed by atoms with van der Waals surface area (Å²) < 4.78 is 5.35. The molecule has 0 aliphatic heterocycles. The molecule has 1 atom stereocenters. The van der Waals surface area contributed by atoms with Crippen LogP contribution >= 0.6 is 0 Å². The van der Waals surface area contributed by atoms with E-state index in [1.807, 2.05) is 32.9 Å². The zero-order chi connectivity index (χ0) is 12.8. The minimum absolute atomic E-state index is 0.0727. The highest BCUT2D eigenvalue weighted by molar-refractivity contribution is 5.93. The molecule has 1 amide bonds. The van der Waals surface area contributed by atoms with E-state index in [4.69, 9.17) is 10.5 Å². The molecule has 1 aromatic rings.